The fourth-order valence-electron chi connectivity index (χ4n) is 4.30. The second-order valence-corrected chi connectivity index (χ2v) is 10.4. The number of rotatable bonds is 6. The van der Waals surface area contributed by atoms with Gasteiger partial charge in [-0.15, -0.1) is 5.10 Å². The molecular weight excluding hydrogens is 501 g/mol. The molecule has 1 saturated heterocycles. The molecule has 1 aromatic carbocycles. The molecule has 4 aromatic rings. The van der Waals surface area contributed by atoms with Gasteiger partial charge in [0.25, 0.3) is 0 Å². The molecule has 5 rings (SSSR count). The van der Waals surface area contributed by atoms with Crippen molar-refractivity contribution in [2.45, 2.75) is 25.8 Å². The van der Waals surface area contributed by atoms with Gasteiger partial charge < -0.3 is 20.4 Å². The number of nitriles is 1. The molecule has 1 fully saturated rings. The van der Waals surface area contributed by atoms with Crippen molar-refractivity contribution in [3.05, 3.63) is 40.7 Å². The number of aromatic nitrogens is 4. The van der Waals surface area contributed by atoms with Gasteiger partial charge in [0.15, 0.2) is 10.9 Å². The van der Waals surface area contributed by atoms with Crippen molar-refractivity contribution in [1.82, 2.24) is 24.5 Å². The number of hydrogen-bond acceptors (Lipinski definition) is 9. The molecule has 0 spiro atoms. The summed E-state index contributed by atoms with van der Waals surface area (Å²) in [7, 11) is 3.60. The van der Waals surface area contributed by atoms with Crippen LogP contribution >= 0.6 is 22.7 Å². The largest absolute Gasteiger partial charge is 0.351 e. The molecule has 1 aliphatic heterocycles. The van der Waals surface area contributed by atoms with Crippen molar-refractivity contribution >= 4 is 49.7 Å². The number of thiazole rings is 1. The maximum atomic E-state index is 13.4. The number of likely N-dealkylation sites (N-methyl/N-ethyl adjacent to an activating group) is 1. The number of primary amides is 1. The SMILES string of the molecule is CCc1nc2sc(N3CCC(N(C)C(N)=O)C3)nn2c1N(C)c1nc(-c2ccc(F)cc2)c(C#N)s1. The number of carbonyl (C=O) groups excluding carboxylic acids is 1. The van der Waals surface area contributed by atoms with Crippen molar-refractivity contribution < 1.29 is 9.18 Å². The van der Waals surface area contributed by atoms with Crippen LogP contribution in [0.15, 0.2) is 24.3 Å². The van der Waals surface area contributed by atoms with Crippen LogP contribution in [0.2, 0.25) is 0 Å². The second-order valence-electron chi connectivity index (χ2n) is 8.50. The Bertz CT molecular complexity index is 1470. The molecule has 1 unspecified atom stereocenters. The van der Waals surface area contributed by atoms with Crippen molar-refractivity contribution in [2.75, 3.05) is 37.0 Å². The highest BCUT2D eigenvalue weighted by molar-refractivity contribution is 7.20. The number of urea groups is 1. The van der Waals surface area contributed by atoms with E-state index in [0.29, 0.717) is 34.2 Å². The molecule has 0 radical (unpaired) electrons. The van der Waals surface area contributed by atoms with E-state index in [1.807, 2.05) is 23.4 Å². The number of imidazole rings is 1. The van der Waals surface area contributed by atoms with Crippen LogP contribution in [0.4, 0.5) is 25.3 Å². The number of halogens is 1. The summed E-state index contributed by atoms with van der Waals surface area (Å²) in [6, 6.07) is 7.77. The first-order valence-electron chi connectivity index (χ1n) is 11.4. The molecule has 0 bridgehead atoms. The van der Waals surface area contributed by atoms with Crippen LogP contribution in [-0.4, -0.2) is 63.7 Å². The number of nitrogens with zero attached hydrogens (tertiary/aromatic N) is 8. The maximum absolute atomic E-state index is 13.4. The lowest BCUT2D eigenvalue weighted by Gasteiger charge is -2.22. The minimum absolute atomic E-state index is 0.0386. The third-order valence-corrected chi connectivity index (χ3v) is 8.35. The van der Waals surface area contributed by atoms with Crippen LogP contribution in [0.5, 0.6) is 0 Å². The van der Waals surface area contributed by atoms with E-state index in [0.717, 1.165) is 34.6 Å². The normalized spacial score (nSPS) is 15.4. The summed E-state index contributed by atoms with van der Waals surface area (Å²) in [6.07, 6.45) is 1.51. The van der Waals surface area contributed by atoms with Gasteiger partial charge in [0.1, 0.15) is 22.5 Å². The maximum Gasteiger partial charge on any atom is 0.314 e. The second kappa shape index (κ2) is 9.36. The lowest BCUT2D eigenvalue weighted by atomic mass is 10.1. The summed E-state index contributed by atoms with van der Waals surface area (Å²) < 4.78 is 15.2. The van der Waals surface area contributed by atoms with E-state index in [4.69, 9.17) is 20.8 Å². The molecule has 1 atom stereocenters. The van der Waals surface area contributed by atoms with Crippen molar-refractivity contribution in [1.29, 1.82) is 5.26 Å². The number of anilines is 3. The highest BCUT2D eigenvalue weighted by atomic mass is 32.1. The molecule has 13 heteroatoms. The van der Waals surface area contributed by atoms with Crippen LogP contribution in [0, 0.1) is 17.1 Å². The Morgan fingerprint density at radius 3 is 2.69 bits per heavy atom. The van der Waals surface area contributed by atoms with Gasteiger partial charge in [-0.25, -0.2) is 19.2 Å². The third kappa shape index (κ3) is 4.12. The van der Waals surface area contributed by atoms with Crippen molar-refractivity contribution in [3.8, 4) is 17.3 Å². The van der Waals surface area contributed by atoms with E-state index in [-0.39, 0.29) is 11.9 Å². The Kier molecular flexibility index (Phi) is 6.23. The lowest BCUT2D eigenvalue weighted by Crippen LogP contribution is -2.42. The van der Waals surface area contributed by atoms with Gasteiger partial charge in [0.2, 0.25) is 10.1 Å². The molecule has 2 N–H and O–H groups in total. The van der Waals surface area contributed by atoms with Crippen LogP contribution in [-0.2, 0) is 6.42 Å². The highest BCUT2D eigenvalue weighted by Gasteiger charge is 2.31. The van der Waals surface area contributed by atoms with E-state index in [1.54, 1.807) is 24.1 Å². The Morgan fingerprint density at radius 2 is 2.03 bits per heavy atom. The quantitative estimate of drug-likeness (QED) is 0.406. The number of nitrogens with two attached hydrogens (primary N) is 1. The van der Waals surface area contributed by atoms with Crippen molar-refractivity contribution in [2.24, 2.45) is 5.73 Å². The van der Waals surface area contributed by atoms with E-state index in [9.17, 15) is 14.4 Å². The zero-order chi connectivity index (χ0) is 25.6. The monoisotopic (exact) mass is 525 g/mol. The van der Waals surface area contributed by atoms with E-state index >= 15 is 0 Å². The predicted molar refractivity (Wildman–Crippen MR) is 138 cm³/mol. The zero-order valence-corrected chi connectivity index (χ0v) is 21.6. The van der Waals surface area contributed by atoms with Gasteiger partial charge in [-0.3, -0.25) is 0 Å². The summed E-state index contributed by atoms with van der Waals surface area (Å²) in [6.45, 7) is 3.45. The lowest BCUT2D eigenvalue weighted by molar-refractivity contribution is 0.204. The summed E-state index contributed by atoms with van der Waals surface area (Å²) in [4.78, 5) is 27.9. The minimum Gasteiger partial charge on any atom is -0.351 e. The highest BCUT2D eigenvalue weighted by Crippen LogP contribution is 2.38. The number of aryl methyl sites for hydroxylation is 1. The van der Waals surface area contributed by atoms with Crippen LogP contribution in [0.1, 0.15) is 23.9 Å². The smallest absolute Gasteiger partial charge is 0.314 e. The molecule has 0 aliphatic carbocycles. The number of hydrogen-bond donors (Lipinski definition) is 1. The standard InChI is InChI=1S/C23H24FN9OS2/c1-4-16-19(31(3)21-28-18(17(11-25)35-21)13-5-7-14(24)8-6-13)33-22(27-16)36-23(29-33)32-10-9-15(12-32)30(2)20(26)34/h5-8,15H,4,9-10,12H2,1-3H3,(H2,26,34). The van der Waals surface area contributed by atoms with E-state index < -0.39 is 6.03 Å². The zero-order valence-electron chi connectivity index (χ0n) is 20.0. The van der Waals surface area contributed by atoms with E-state index in [1.165, 1.54) is 34.8 Å². The average Bonchev–Trinajstić information content (AvgIpc) is 3.65. The Morgan fingerprint density at radius 1 is 1.28 bits per heavy atom. The van der Waals surface area contributed by atoms with Gasteiger partial charge in [-0.2, -0.15) is 9.78 Å². The first-order valence-corrected chi connectivity index (χ1v) is 13.0. The van der Waals surface area contributed by atoms with Crippen molar-refractivity contribution in [3.63, 3.8) is 0 Å². The molecular formula is C23H24FN9OS2. The third-order valence-electron chi connectivity index (χ3n) is 6.34. The minimum atomic E-state index is -0.438. The molecule has 1 aliphatic rings. The van der Waals surface area contributed by atoms with Gasteiger partial charge in [-0.05, 0) is 37.1 Å². The van der Waals surface area contributed by atoms with Gasteiger partial charge >= 0.3 is 6.03 Å². The van der Waals surface area contributed by atoms with Crippen LogP contribution in [0.3, 0.4) is 0 Å². The number of carbonyl (C=O) groups is 1. The van der Waals surface area contributed by atoms with Crippen LogP contribution < -0.4 is 15.5 Å². The van der Waals surface area contributed by atoms with E-state index in [2.05, 4.69) is 11.0 Å². The first kappa shape index (κ1) is 24.0. The Labute approximate surface area is 215 Å². The van der Waals surface area contributed by atoms with Gasteiger partial charge in [0.05, 0.1) is 11.7 Å². The predicted octanol–water partition coefficient (Wildman–Crippen LogP) is 3.84. The van der Waals surface area contributed by atoms with Gasteiger partial charge in [-0.1, -0.05) is 29.6 Å². The fourth-order valence-corrected chi connectivity index (χ4v) is 6.10. The molecule has 0 saturated carbocycles. The molecule has 3 aromatic heterocycles. The molecule has 186 valence electrons. The molecule has 4 heterocycles. The summed E-state index contributed by atoms with van der Waals surface area (Å²) in [5.74, 6) is 0.438. The number of fused-ring (bicyclic) bond motifs is 1. The number of amides is 2. The fraction of sp³-hybridized carbons (Fsp3) is 0.348. The Hall–Kier alpha value is -3.76. The molecule has 2 amide bonds. The Balaban J connectivity index is 1.49. The number of benzene rings is 1. The molecule has 36 heavy (non-hydrogen) atoms. The topological polar surface area (TPSA) is 120 Å². The average molecular weight is 526 g/mol. The van der Waals surface area contributed by atoms with Gasteiger partial charge in [0, 0.05) is 32.7 Å². The summed E-state index contributed by atoms with van der Waals surface area (Å²) in [5.41, 5.74) is 7.51. The first-order chi connectivity index (χ1) is 17.3. The van der Waals surface area contributed by atoms with Crippen LogP contribution in [0.25, 0.3) is 16.2 Å². The summed E-state index contributed by atoms with van der Waals surface area (Å²) in [5, 5.41) is 16.0. The summed E-state index contributed by atoms with van der Waals surface area (Å²) >= 11 is 2.76. The molecule has 10 nitrogen and oxygen atoms in total.